The smallest absolute Gasteiger partial charge is 0.358 e. The van der Waals surface area contributed by atoms with Gasteiger partial charge in [-0.25, -0.2) is 9.78 Å². The molecule has 0 atom stereocenters. The Kier molecular flexibility index (Phi) is 4.95. The number of esters is 1. The lowest BCUT2D eigenvalue weighted by Gasteiger charge is -2.10. The maximum atomic E-state index is 12.3. The van der Waals surface area contributed by atoms with E-state index in [1.807, 2.05) is 25.1 Å². The molecular weight excluding hydrogens is 340 g/mol. The minimum atomic E-state index is -0.644. The van der Waals surface area contributed by atoms with Crippen molar-refractivity contribution < 1.29 is 14.3 Å². The van der Waals surface area contributed by atoms with E-state index in [9.17, 15) is 9.59 Å². The molecule has 5 nitrogen and oxygen atoms in total. The van der Waals surface area contributed by atoms with Crippen LogP contribution >= 0.6 is 11.6 Å². The number of halogens is 1. The van der Waals surface area contributed by atoms with Crippen LogP contribution in [0.4, 0.5) is 5.69 Å². The summed E-state index contributed by atoms with van der Waals surface area (Å²) in [6, 6.07) is 14.3. The SMILES string of the molecule is Cc1ccc(Cl)cc1NC(=O)COC(=O)c1nccc2ccccc12. The lowest BCUT2D eigenvalue weighted by Crippen LogP contribution is -2.21. The van der Waals surface area contributed by atoms with Crippen LogP contribution in [0.3, 0.4) is 0 Å². The third-order valence-electron chi connectivity index (χ3n) is 3.68. The molecule has 0 fully saturated rings. The maximum Gasteiger partial charge on any atom is 0.358 e. The number of anilines is 1. The highest BCUT2D eigenvalue weighted by atomic mass is 35.5. The van der Waals surface area contributed by atoms with Gasteiger partial charge in [-0.15, -0.1) is 0 Å². The van der Waals surface area contributed by atoms with Gasteiger partial charge in [0, 0.05) is 22.3 Å². The largest absolute Gasteiger partial charge is 0.451 e. The van der Waals surface area contributed by atoms with Gasteiger partial charge in [-0.3, -0.25) is 4.79 Å². The van der Waals surface area contributed by atoms with Gasteiger partial charge in [0.1, 0.15) is 0 Å². The molecule has 25 heavy (non-hydrogen) atoms. The molecule has 0 radical (unpaired) electrons. The van der Waals surface area contributed by atoms with Gasteiger partial charge in [0.15, 0.2) is 12.3 Å². The second-order valence-corrected chi connectivity index (χ2v) is 5.90. The van der Waals surface area contributed by atoms with Crippen molar-refractivity contribution in [1.82, 2.24) is 4.98 Å². The van der Waals surface area contributed by atoms with Crippen LogP contribution in [0.5, 0.6) is 0 Å². The highest BCUT2D eigenvalue weighted by Crippen LogP contribution is 2.20. The quantitative estimate of drug-likeness (QED) is 0.719. The van der Waals surface area contributed by atoms with Crippen LogP contribution in [-0.4, -0.2) is 23.5 Å². The molecule has 3 aromatic rings. The fourth-order valence-electron chi connectivity index (χ4n) is 2.40. The highest BCUT2D eigenvalue weighted by Gasteiger charge is 2.15. The van der Waals surface area contributed by atoms with Crippen molar-refractivity contribution in [2.45, 2.75) is 6.92 Å². The maximum absolute atomic E-state index is 12.3. The van der Waals surface area contributed by atoms with Crippen LogP contribution in [-0.2, 0) is 9.53 Å². The summed E-state index contributed by atoms with van der Waals surface area (Å²) in [5.74, 6) is -1.09. The van der Waals surface area contributed by atoms with Crippen LogP contribution < -0.4 is 5.32 Å². The molecule has 0 aliphatic heterocycles. The van der Waals surface area contributed by atoms with Crippen molar-refractivity contribution in [3.05, 3.63) is 71.0 Å². The van der Waals surface area contributed by atoms with Gasteiger partial charge in [-0.1, -0.05) is 41.9 Å². The third-order valence-corrected chi connectivity index (χ3v) is 3.91. The number of hydrogen-bond donors (Lipinski definition) is 1. The Labute approximate surface area is 149 Å². The molecule has 1 heterocycles. The zero-order valence-corrected chi connectivity index (χ0v) is 14.2. The fraction of sp³-hybridized carbons (Fsp3) is 0.105. The zero-order chi connectivity index (χ0) is 17.8. The number of benzene rings is 2. The molecule has 0 unspecified atom stereocenters. The van der Waals surface area contributed by atoms with Crippen LogP contribution in [0.1, 0.15) is 16.1 Å². The molecule has 0 bridgehead atoms. The number of carbonyl (C=O) groups is 2. The number of fused-ring (bicyclic) bond motifs is 1. The molecule has 0 spiro atoms. The Hall–Kier alpha value is -2.92. The second-order valence-electron chi connectivity index (χ2n) is 5.46. The summed E-state index contributed by atoms with van der Waals surface area (Å²) < 4.78 is 5.09. The number of nitrogens with one attached hydrogen (secondary N) is 1. The Morgan fingerprint density at radius 2 is 1.96 bits per heavy atom. The molecule has 1 aromatic heterocycles. The summed E-state index contributed by atoms with van der Waals surface area (Å²) >= 11 is 5.92. The lowest BCUT2D eigenvalue weighted by atomic mass is 10.1. The number of amides is 1. The van der Waals surface area contributed by atoms with Gasteiger partial charge in [0.05, 0.1) is 0 Å². The average Bonchev–Trinajstić information content (AvgIpc) is 2.62. The van der Waals surface area contributed by atoms with Crippen LogP contribution in [0.15, 0.2) is 54.7 Å². The summed E-state index contributed by atoms with van der Waals surface area (Å²) in [6.07, 6.45) is 1.54. The Morgan fingerprint density at radius 3 is 2.80 bits per heavy atom. The topological polar surface area (TPSA) is 68.3 Å². The minimum Gasteiger partial charge on any atom is -0.451 e. The first-order valence-corrected chi connectivity index (χ1v) is 7.99. The molecule has 6 heteroatoms. The molecule has 126 valence electrons. The predicted octanol–water partition coefficient (Wildman–Crippen LogP) is 3.99. The van der Waals surface area contributed by atoms with Crippen LogP contribution in [0.25, 0.3) is 10.8 Å². The van der Waals surface area contributed by atoms with E-state index < -0.39 is 18.5 Å². The van der Waals surface area contributed by atoms with E-state index >= 15 is 0 Å². The van der Waals surface area contributed by atoms with Crippen molar-refractivity contribution >= 4 is 39.9 Å². The van der Waals surface area contributed by atoms with Gasteiger partial charge in [0.2, 0.25) is 0 Å². The van der Waals surface area contributed by atoms with Gasteiger partial charge >= 0.3 is 5.97 Å². The number of rotatable bonds is 4. The molecule has 1 amide bonds. The molecule has 0 aliphatic rings. The first kappa shape index (κ1) is 16.9. The fourth-order valence-corrected chi connectivity index (χ4v) is 2.57. The Bertz CT molecular complexity index is 951. The number of nitrogens with zero attached hydrogens (tertiary/aromatic N) is 1. The minimum absolute atomic E-state index is 0.185. The van der Waals surface area contributed by atoms with E-state index in [-0.39, 0.29) is 5.69 Å². The molecular formula is C19H15ClN2O3. The van der Waals surface area contributed by atoms with E-state index in [4.69, 9.17) is 16.3 Å². The molecule has 0 saturated heterocycles. The van der Waals surface area contributed by atoms with Crippen LogP contribution in [0.2, 0.25) is 5.02 Å². The Morgan fingerprint density at radius 1 is 1.16 bits per heavy atom. The Balaban J connectivity index is 1.67. The van der Waals surface area contributed by atoms with Gasteiger partial charge in [0.25, 0.3) is 5.91 Å². The number of pyridine rings is 1. The standard InChI is InChI=1S/C19H15ClN2O3/c1-12-6-7-14(20)10-16(12)22-17(23)11-25-19(24)18-15-5-3-2-4-13(15)8-9-21-18/h2-10H,11H2,1H3,(H,22,23). The summed E-state index contributed by atoms with van der Waals surface area (Å²) in [5, 5.41) is 4.75. The number of hydrogen-bond acceptors (Lipinski definition) is 4. The van der Waals surface area contributed by atoms with Crippen molar-refractivity contribution in [1.29, 1.82) is 0 Å². The van der Waals surface area contributed by atoms with Crippen molar-refractivity contribution in [2.24, 2.45) is 0 Å². The monoisotopic (exact) mass is 354 g/mol. The normalized spacial score (nSPS) is 10.5. The molecule has 1 N–H and O–H groups in total. The number of aromatic nitrogens is 1. The molecule has 2 aromatic carbocycles. The molecule has 0 aliphatic carbocycles. The van der Waals surface area contributed by atoms with E-state index in [2.05, 4.69) is 10.3 Å². The van der Waals surface area contributed by atoms with E-state index in [1.165, 1.54) is 6.20 Å². The third kappa shape index (κ3) is 3.95. The first-order chi connectivity index (χ1) is 12.0. The summed E-state index contributed by atoms with van der Waals surface area (Å²) in [5.41, 5.74) is 1.63. The highest BCUT2D eigenvalue weighted by molar-refractivity contribution is 6.31. The van der Waals surface area contributed by atoms with Crippen LogP contribution in [0, 0.1) is 6.92 Å². The summed E-state index contributed by atoms with van der Waals surface area (Å²) in [4.78, 5) is 28.3. The van der Waals surface area contributed by atoms with Crippen molar-refractivity contribution in [2.75, 3.05) is 11.9 Å². The zero-order valence-electron chi connectivity index (χ0n) is 13.5. The first-order valence-electron chi connectivity index (χ1n) is 7.61. The van der Waals surface area contributed by atoms with Crippen molar-refractivity contribution in [3.63, 3.8) is 0 Å². The van der Waals surface area contributed by atoms with Gasteiger partial charge in [-0.2, -0.15) is 0 Å². The molecule has 3 rings (SSSR count). The lowest BCUT2D eigenvalue weighted by molar-refractivity contribution is -0.119. The predicted molar refractivity (Wildman–Crippen MR) is 96.8 cm³/mol. The van der Waals surface area contributed by atoms with Gasteiger partial charge < -0.3 is 10.1 Å². The summed E-state index contributed by atoms with van der Waals surface area (Å²) in [7, 11) is 0. The summed E-state index contributed by atoms with van der Waals surface area (Å²) in [6.45, 7) is 1.44. The van der Waals surface area contributed by atoms with E-state index in [0.29, 0.717) is 16.1 Å². The number of carbonyl (C=O) groups excluding carboxylic acids is 2. The molecule has 0 saturated carbocycles. The number of aryl methyl sites for hydroxylation is 1. The van der Waals surface area contributed by atoms with E-state index in [0.717, 1.165) is 10.9 Å². The van der Waals surface area contributed by atoms with Crippen molar-refractivity contribution in [3.8, 4) is 0 Å². The average molecular weight is 355 g/mol. The van der Waals surface area contributed by atoms with E-state index in [1.54, 1.807) is 30.3 Å². The second kappa shape index (κ2) is 7.32. The number of ether oxygens (including phenoxy) is 1. The van der Waals surface area contributed by atoms with Gasteiger partial charge in [-0.05, 0) is 36.1 Å².